The molecular formula is C15H14N2O2S. The number of hydrogen-bond donors (Lipinski definition) is 2. The van der Waals surface area contributed by atoms with Crippen LogP contribution >= 0.6 is 11.3 Å². The van der Waals surface area contributed by atoms with Crippen LogP contribution in [-0.4, -0.2) is 29.1 Å². The van der Waals surface area contributed by atoms with Gasteiger partial charge in [-0.3, -0.25) is 4.79 Å². The van der Waals surface area contributed by atoms with Gasteiger partial charge in [0.05, 0.1) is 0 Å². The van der Waals surface area contributed by atoms with Gasteiger partial charge < -0.3 is 10.4 Å². The molecule has 20 heavy (non-hydrogen) atoms. The van der Waals surface area contributed by atoms with Crippen molar-refractivity contribution in [3.63, 3.8) is 0 Å². The van der Waals surface area contributed by atoms with Crippen molar-refractivity contribution in [2.45, 2.75) is 6.42 Å². The second kappa shape index (κ2) is 7.43. The number of carbonyl (C=O) groups is 1. The molecule has 2 aromatic rings. The van der Waals surface area contributed by atoms with E-state index in [2.05, 4.69) is 27.5 Å². The second-order valence-corrected chi connectivity index (χ2v) is 4.81. The number of amides is 1. The Hall–Kier alpha value is -2.16. The van der Waals surface area contributed by atoms with Crippen LogP contribution in [0.3, 0.4) is 0 Å². The number of rotatable bonds is 4. The van der Waals surface area contributed by atoms with E-state index < -0.39 is 0 Å². The number of nitrogens with one attached hydrogen (secondary N) is 1. The molecular weight excluding hydrogens is 272 g/mol. The van der Waals surface area contributed by atoms with Crippen LogP contribution in [0.25, 0.3) is 0 Å². The fraction of sp³-hybridized carbons (Fsp3) is 0.200. The van der Waals surface area contributed by atoms with Gasteiger partial charge in [0, 0.05) is 18.3 Å². The third kappa shape index (κ3) is 4.19. The van der Waals surface area contributed by atoms with Gasteiger partial charge in [-0.15, -0.1) is 0 Å². The number of carbonyl (C=O) groups excluding carboxylic acids is 1. The first kappa shape index (κ1) is 14.3. The van der Waals surface area contributed by atoms with Crippen LogP contribution in [0.5, 0.6) is 0 Å². The molecule has 5 heteroatoms. The average Bonchev–Trinajstić information content (AvgIpc) is 2.99. The van der Waals surface area contributed by atoms with Gasteiger partial charge in [-0.05, 0) is 40.9 Å². The zero-order valence-electron chi connectivity index (χ0n) is 10.8. The van der Waals surface area contributed by atoms with E-state index in [4.69, 9.17) is 5.11 Å². The standard InChI is InChI=1S/C15H14N2O2S/c18-8-1-2-12-3-4-14(17-10-12)15(19)16-7-5-13-6-9-20-11-13/h3-4,6,9-11,18H,5,7-8H2,(H,16,19). The van der Waals surface area contributed by atoms with Crippen molar-refractivity contribution in [3.8, 4) is 11.8 Å². The van der Waals surface area contributed by atoms with Gasteiger partial charge in [0.25, 0.3) is 5.91 Å². The Balaban J connectivity index is 1.85. The normalized spacial score (nSPS) is 9.65. The minimum atomic E-state index is -0.193. The molecule has 2 rings (SSSR count). The number of aliphatic hydroxyl groups is 1. The monoisotopic (exact) mass is 286 g/mol. The molecule has 2 heterocycles. The Morgan fingerprint density at radius 3 is 2.95 bits per heavy atom. The molecule has 0 aliphatic heterocycles. The molecule has 0 aliphatic rings. The van der Waals surface area contributed by atoms with E-state index in [1.54, 1.807) is 23.5 Å². The molecule has 0 saturated heterocycles. The van der Waals surface area contributed by atoms with Gasteiger partial charge in [-0.25, -0.2) is 4.98 Å². The average molecular weight is 286 g/mol. The zero-order valence-corrected chi connectivity index (χ0v) is 11.6. The molecule has 102 valence electrons. The second-order valence-electron chi connectivity index (χ2n) is 4.03. The van der Waals surface area contributed by atoms with Crippen molar-refractivity contribution in [1.82, 2.24) is 10.3 Å². The number of thiophene rings is 1. The SMILES string of the molecule is O=C(NCCc1ccsc1)c1ccc(C#CCO)cn1. The van der Waals surface area contributed by atoms with Crippen LogP contribution in [0.1, 0.15) is 21.6 Å². The van der Waals surface area contributed by atoms with Crippen molar-refractivity contribution >= 4 is 17.2 Å². The Kier molecular flexibility index (Phi) is 5.30. The summed E-state index contributed by atoms with van der Waals surface area (Å²) >= 11 is 1.65. The van der Waals surface area contributed by atoms with Crippen LogP contribution in [0.4, 0.5) is 0 Å². The predicted octanol–water partition coefficient (Wildman–Crippen LogP) is 1.46. The van der Waals surface area contributed by atoms with Crippen LogP contribution in [0, 0.1) is 11.8 Å². The topological polar surface area (TPSA) is 62.2 Å². The quantitative estimate of drug-likeness (QED) is 0.837. The molecule has 0 spiro atoms. The molecule has 0 fully saturated rings. The summed E-state index contributed by atoms with van der Waals surface area (Å²) in [5.74, 6) is 5.07. The van der Waals surface area contributed by atoms with E-state index in [0.29, 0.717) is 17.8 Å². The molecule has 0 saturated carbocycles. The van der Waals surface area contributed by atoms with Crippen LogP contribution in [-0.2, 0) is 6.42 Å². The lowest BCUT2D eigenvalue weighted by molar-refractivity contribution is 0.0949. The van der Waals surface area contributed by atoms with E-state index in [9.17, 15) is 4.79 Å². The van der Waals surface area contributed by atoms with Crippen LogP contribution < -0.4 is 5.32 Å². The highest BCUT2D eigenvalue weighted by molar-refractivity contribution is 7.07. The summed E-state index contributed by atoms with van der Waals surface area (Å²) in [6.45, 7) is 0.397. The number of aliphatic hydroxyl groups excluding tert-OH is 1. The Morgan fingerprint density at radius 1 is 1.40 bits per heavy atom. The smallest absolute Gasteiger partial charge is 0.269 e. The van der Waals surface area contributed by atoms with Crippen molar-refractivity contribution in [2.75, 3.05) is 13.2 Å². The molecule has 0 bridgehead atoms. The molecule has 1 amide bonds. The van der Waals surface area contributed by atoms with Gasteiger partial charge in [-0.1, -0.05) is 11.8 Å². The fourth-order valence-corrected chi connectivity index (χ4v) is 2.29. The lowest BCUT2D eigenvalue weighted by Gasteiger charge is -2.03. The van der Waals surface area contributed by atoms with Gasteiger partial charge in [0.2, 0.25) is 0 Å². The van der Waals surface area contributed by atoms with E-state index in [0.717, 1.165) is 6.42 Å². The molecule has 0 radical (unpaired) electrons. The Labute approximate surface area is 121 Å². The van der Waals surface area contributed by atoms with Gasteiger partial charge in [-0.2, -0.15) is 11.3 Å². The highest BCUT2D eigenvalue weighted by Gasteiger charge is 2.06. The van der Waals surface area contributed by atoms with Crippen molar-refractivity contribution in [3.05, 3.63) is 52.0 Å². The molecule has 0 aliphatic carbocycles. The molecule has 0 aromatic carbocycles. The van der Waals surface area contributed by atoms with E-state index >= 15 is 0 Å². The van der Waals surface area contributed by atoms with E-state index in [1.165, 1.54) is 11.8 Å². The summed E-state index contributed by atoms with van der Waals surface area (Å²) in [6.07, 6.45) is 2.34. The van der Waals surface area contributed by atoms with Crippen molar-refractivity contribution in [1.29, 1.82) is 0 Å². The molecule has 2 N–H and O–H groups in total. The summed E-state index contributed by atoms with van der Waals surface area (Å²) in [7, 11) is 0. The summed E-state index contributed by atoms with van der Waals surface area (Å²) in [4.78, 5) is 15.9. The first-order valence-corrected chi connectivity index (χ1v) is 7.09. The number of aromatic nitrogens is 1. The predicted molar refractivity (Wildman–Crippen MR) is 78.6 cm³/mol. The summed E-state index contributed by atoms with van der Waals surface area (Å²) in [6, 6.07) is 5.38. The summed E-state index contributed by atoms with van der Waals surface area (Å²) < 4.78 is 0. The fourth-order valence-electron chi connectivity index (χ4n) is 1.59. The highest BCUT2D eigenvalue weighted by atomic mass is 32.1. The largest absolute Gasteiger partial charge is 0.384 e. The molecule has 0 atom stereocenters. The lowest BCUT2D eigenvalue weighted by Crippen LogP contribution is -2.26. The first-order valence-electron chi connectivity index (χ1n) is 6.14. The minimum absolute atomic E-state index is 0.190. The van der Waals surface area contributed by atoms with Crippen molar-refractivity contribution < 1.29 is 9.90 Å². The summed E-state index contributed by atoms with van der Waals surface area (Å²) in [5.41, 5.74) is 2.26. The van der Waals surface area contributed by atoms with Crippen molar-refractivity contribution in [2.24, 2.45) is 0 Å². The van der Waals surface area contributed by atoms with Gasteiger partial charge >= 0.3 is 0 Å². The summed E-state index contributed by atoms with van der Waals surface area (Å²) in [5, 5.41) is 15.5. The molecule has 2 aromatic heterocycles. The third-order valence-electron chi connectivity index (χ3n) is 2.59. The maximum Gasteiger partial charge on any atom is 0.269 e. The molecule has 4 nitrogen and oxygen atoms in total. The molecule has 0 unspecified atom stereocenters. The lowest BCUT2D eigenvalue weighted by atomic mass is 10.2. The van der Waals surface area contributed by atoms with Crippen LogP contribution in [0.2, 0.25) is 0 Å². The number of hydrogen-bond acceptors (Lipinski definition) is 4. The van der Waals surface area contributed by atoms with Gasteiger partial charge in [0.15, 0.2) is 0 Å². The maximum atomic E-state index is 11.9. The minimum Gasteiger partial charge on any atom is -0.384 e. The van der Waals surface area contributed by atoms with Gasteiger partial charge in [0.1, 0.15) is 12.3 Å². The maximum absolute atomic E-state index is 11.9. The zero-order chi connectivity index (χ0) is 14.2. The first-order chi connectivity index (χ1) is 9.79. The Bertz CT molecular complexity index is 610. The van der Waals surface area contributed by atoms with E-state index in [1.807, 2.05) is 11.4 Å². The highest BCUT2D eigenvalue weighted by Crippen LogP contribution is 2.06. The number of pyridine rings is 1. The van der Waals surface area contributed by atoms with Crippen LogP contribution in [0.15, 0.2) is 35.2 Å². The third-order valence-corrected chi connectivity index (χ3v) is 3.32. The van der Waals surface area contributed by atoms with E-state index in [-0.39, 0.29) is 12.5 Å². The number of nitrogens with zero attached hydrogens (tertiary/aromatic N) is 1. The Morgan fingerprint density at radius 2 is 2.30 bits per heavy atom.